The van der Waals surface area contributed by atoms with Crippen molar-refractivity contribution in [1.82, 2.24) is 9.80 Å². The standard InChI is InChI=1S/C21H20F4N2O3/c22-16-5-1-14(2-6-16)9-26-11-18-19(12-26)29-13-20(28)27(18)10-15-3-7-17(8-4-15)30-21(23,24)25/h1-8,18-19H,9-13H2/t18-,19+/m1/s1. The highest BCUT2D eigenvalue weighted by molar-refractivity contribution is 5.78. The first-order valence-corrected chi connectivity index (χ1v) is 9.49. The van der Waals surface area contributed by atoms with Crippen molar-refractivity contribution in [3.63, 3.8) is 0 Å². The average molecular weight is 424 g/mol. The number of morpholine rings is 1. The summed E-state index contributed by atoms with van der Waals surface area (Å²) in [6.07, 6.45) is -4.89. The molecule has 1 amide bonds. The van der Waals surface area contributed by atoms with Crippen molar-refractivity contribution < 1.29 is 31.8 Å². The van der Waals surface area contributed by atoms with Gasteiger partial charge in [-0.3, -0.25) is 9.69 Å². The third-order valence-electron chi connectivity index (χ3n) is 5.28. The number of likely N-dealkylation sites (tertiary alicyclic amines) is 1. The number of halogens is 4. The SMILES string of the molecule is O=C1CO[C@H]2CN(Cc3ccc(F)cc3)C[C@H]2N1Cc1ccc(OC(F)(F)F)cc1. The van der Waals surface area contributed by atoms with E-state index in [1.165, 1.54) is 36.4 Å². The first-order chi connectivity index (χ1) is 14.3. The van der Waals surface area contributed by atoms with Crippen molar-refractivity contribution in [1.29, 1.82) is 0 Å². The first-order valence-electron chi connectivity index (χ1n) is 9.49. The molecule has 0 unspecified atom stereocenters. The molecule has 0 saturated carbocycles. The first kappa shape index (κ1) is 20.6. The fourth-order valence-electron chi connectivity index (χ4n) is 3.92. The fraction of sp³-hybridized carbons (Fsp3) is 0.381. The van der Waals surface area contributed by atoms with Crippen molar-refractivity contribution in [2.24, 2.45) is 0 Å². The number of fused-ring (bicyclic) bond motifs is 1. The van der Waals surface area contributed by atoms with Gasteiger partial charge in [0.2, 0.25) is 5.91 Å². The molecule has 2 aromatic carbocycles. The minimum absolute atomic E-state index is 0.0270. The molecule has 2 aliphatic rings. The van der Waals surface area contributed by atoms with E-state index < -0.39 is 6.36 Å². The van der Waals surface area contributed by atoms with Gasteiger partial charge < -0.3 is 14.4 Å². The van der Waals surface area contributed by atoms with Crippen LogP contribution in [0.25, 0.3) is 0 Å². The van der Waals surface area contributed by atoms with E-state index in [1.807, 2.05) is 0 Å². The van der Waals surface area contributed by atoms with Gasteiger partial charge in [-0.25, -0.2) is 4.39 Å². The van der Waals surface area contributed by atoms with Gasteiger partial charge in [0.1, 0.15) is 18.2 Å². The summed E-state index contributed by atoms with van der Waals surface area (Å²) in [5.41, 5.74) is 1.67. The maximum absolute atomic E-state index is 13.1. The van der Waals surface area contributed by atoms with Gasteiger partial charge in [0.05, 0.1) is 12.1 Å². The molecule has 30 heavy (non-hydrogen) atoms. The molecule has 0 spiro atoms. The maximum atomic E-state index is 13.1. The summed E-state index contributed by atoms with van der Waals surface area (Å²) in [6.45, 7) is 2.11. The van der Waals surface area contributed by atoms with Crippen LogP contribution in [0.1, 0.15) is 11.1 Å². The monoisotopic (exact) mass is 424 g/mol. The summed E-state index contributed by atoms with van der Waals surface area (Å²) in [6, 6.07) is 11.6. The van der Waals surface area contributed by atoms with E-state index in [1.54, 1.807) is 17.0 Å². The highest BCUT2D eigenvalue weighted by atomic mass is 19.4. The molecule has 160 valence electrons. The zero-order chi connectivity index (χ0) is 21.3. The number of carbonyl (C=O) groups is 1. The summed E-state index contributed by atoms with van der Waals surface area (Å²) < 4.78 is 59.6. The largest absolute Gasteiger partial charge is 0.573 e. The number of amides is 1. The summed E-state index contributed by atoms with van der Waals surface area (Å²) in [7, 11) is 0. The van der Waals surface area contributed by atoms with Crippen LogP contribution >= 0.6 is 0 Å². The predicted octanol–water partition coefficient (Wildman–Crippen LogP) is 3.34. The van der Waals surface area contributed by atoms with Gasteiger partial charge in [0, 0.05) is 26.2 Å². The Hall–Kier alpha value is -2.65. The molecule has 0 radical (unpaired) electrons. The second-order valence-corrected chi connectivity index (χ2v) is 7.45. The van der Waals surface area contributed by atoms with E-state index in [0.29, 0.717) is 25.2 Å². The van der Waals surface area contributed by atoms with Crippen molar-refractivity contribution >= 4 is 5.91 Å². The second kappa shape index (κ2) is 8.23. The van der Waals surface area contributed by atoms with Gasteiger partial charge in [-0.05, 0) is 35.4 Å². The molecule has 2 fully saturated rings. The number of nitrogens with zero attached hydrogens (tertiary/aromatic N) is 2. The van der Waals surface area contributed by atoms with Crippen LogP contribution in [0.2, 0.25) is 0 Å². The fourth-order valence-corrected chi connectivity index (χ4v) is 3.92. The second-order valence-electron chi connectivity index (χ2n) is 7.45. The lowest BCUT2D eigenvalue weighted by Gasteiger charge is -2.36. The Balaban J connectivity index is 1.41. The topological polar surface area (TPSA) is 42.0 Å². The number of rotatable bonds is 5. The molecule has 2 saturated heterocycles. The van der Waals surface area contributed by atoms with Crippen LogP contribution in [-0.4, -0.2) is 53.9 Å². The molecule has 2 aromatic rings. The zero-order valence-corrected chi connectivity index (χ0v) is 15.9. The maximum Gasteiger partial charge on any atom is 0.573 e. The average Bonchev–Trinajstić information content (AvgIpc) is 3.09. The number of benzene rings is 2. The van der Waals surface area contributed by atoms with Crippen LogP contribution < -0.4 is 4.74 Å². The van der Waals surface area contributed by atoms with E-state index >= 15 is 0 Å². The summed E-state index contributed by atoms with van der Waals surface area (Å²) in [5.74, 6) is -0.750. The van der Waals surface area contributed by atoms with E-state index in [-0.39, 0.29) is 42.8 Å². The Kier molecular flexibility index (Phi) is 5.66. The van der Waals surface area contributed by atoms with Crippen molar-refractivity contribution in [2.45, 2.75) is 31.6 Å². The van der Waals surface area contributed by atoms with Gasteiger partial charge in [-0.2, -0.15) is 0 Å². The van der Waals surface area contributed by atoms with Crippen molar-refractivity contribution in [2.75, 3.05) is 19.7 Å². The predicted molar refractivity (Wildman–Crippen MR) is 98.9 cm³/mol. The molecule has 5 nitrogen and oxygen atoms in total. The van der Waals surface area contributed by atoms with Gasteiger partial charge in [0.15, 0.2) is 0 Å². The molecule has 4 rings (SSSR count). The summed E-state index contributed by atoms with van der Waals surface area (Å²) >= 11 is 0. The number of carbonyl (C=O) groups excluding carboxylic acids is 1. The number of ether oxygens (including phenoxy) is 2. The lowest BCUT2D eigenvalue weighted by atomic mass is 10.1. The van der Waals surface area contributed by atoms with Crippen LogP contribution in [0.3, 0.4) is 0 Å². The van der Waals surface area contributed by atoms with Crippen LogP contribution in [0.5, 0.6) is 5.75 Å². The molecule has 0 aliphatic carbocycles. The normalized spacial score (nSPS) is 22.3. The number of hydrogen-bond donors (Lipinski definition) is 0. The molecule has 2 aliphatic heterocycles. The Morgan fingerprint density at radius 2 is 1.60 bits per heavy atom. The Bertz CT molecular complexity index is 887. The van der Waals surface area contributed by atoms with Crippen molar-refractivity contribution in [3.8, 4) is 5.75 Å². The highest BCUT2D eigenvalue weighted by Crippen LogP contribution is 2.28. The quantitative estimate of drug-likeness (QED) is 0.691. The third-order valence-corrected chi connectivity index (χ3v) is 5.28. The Morgan fingerprint density at radius 1 is 0.967 bits per heavy atom. The molecule has 0 bridgehead atoms. The van der Waals surface area contributed by atoms with E-state index in [9.17, 15) is 22.4 Å². The van der Waals surface area contributed by atoms with Crippen molar-refractivity contribution in [3.05, 3.63) is 65.5 Å². The van der Waals surface area contributed by atoms with Gasteiger partial charge >= 0.3 is 6.36 Å². The van der Waals surface area contributed by atoms with E-state index in [2.05, 4.69) is 9.64 Å². The molecule has 2 heterocycles. The van der Waals surface area contributed by atoms with Crippen LogP contribution in [-0.2, 0) is 22.6 Å². The smallest absolute Gasteiger partial charge is 0.406 e. The Morgan fingerprint density at radius 3 is 2.27 bits per heavy atom. The number of alkyl halides is 3. The minimum atomic E-state index is -4.74. The van der Waals surface area contributed by atoms with E-state index in [0.717, 1.165) is 5.56 Å². The van der Waals surface area contributed by atoms with Crippen LogP contribution in [0, 0.1) is 5.82 Å². The van der Waals surface area contributed by atoms with Crippen LogP contribution in [0.15, 0.2) is 48.5 Å². The van der Waals surface area contributed by atoms with Crippen LogP contribution in [0.4, 0.5) is 17.6 Å². The zero-order valence-electron chi connectivity index (χ0n) is 15.9. The number of hydrogen-bond acceptors (Lipinski definition) is 4. The molecule has 0 N–H and O–H groups in total. The minimum Gasteiger partial charge on any atom is -0.406 e. The molecule has 0 aromatic heterocycles. The molecule has 9 heteroatoms. The van der Waals surface area contributed by atoms with E-state index in [4.69, 9.17) is 4.74 Å². The Labute approximate surface area is 170 Å². The van der Waals surface area contributed by atoms with Gasteiger partial charge in [0.25, 0.3) is 0 Å². The lowest BCUT2D eigenvalue weighted by molar-refractivity contribution is -0.274. The summed E-state index contributed by atoms with van der Waals surface area (Å²) in [5, 5.41) is 0. The highest BCUT2D eigenvalue weighted by Gasteiger charge is 2.43. The molecular formula is C21H20F4N2O3. The molecular weight excluding hydrogens is 404 g/mol. The van der Waals surface area contributed by atoms with Gasteiger partial charge in [-0.1, -0.05) is 24.3 Å². The lowest BCUT2D eigenvalue weighted by Crippen LogP contribution is -2.53. The van der Waals surface area contributed by atoms with Gasteiger partial charge in [-0.15, -0.1) is 13.2 Å². The summed E-state index contributed by atoms with van der Waals surface area (Å²) in [4.78, 5) is 16.3. The molecule has 2 atom stereocenters. The third kappa shape index (κ3) is 4.91.